The van der Waals surface area contributed by atoms with Crippen LogP contribution in [0.25, 0.3) is 0 Å². The zero-order valence-electron chi connectivity index (χ0n) is 12.6. The van der Waals surface area contributed by atoms with Gasteiger partial charge >= 0.3 is 12.1 Å². The molecule has 1 aromatic carbocycles. The van der Waals surface area contributed by atoms with Crippen molar-refractivity contribution in [2.45, 2.75) is 45.4 Å². The highest BCUT2D eigenvalue weighted by Gasteiger charge is 2.24. The van der Waals surface area contributed by atoms with Crippen LogP contribution in [-0.2, 0) is 22.5 Å². The number of hydrogen-bond acceptors (Lipinski definition) is 4. The summed E-state index contributed by atoms with van der Waals surface area (Å²) in [6.45, 7) is 5.58. The first-order valence-corrected chi connectivity index (χ1v) is 6.71. The molecule has 0 fully saturated rings. The van der Waals surface area contributed by atoms with Crippen LogP contribution in [0.15, 0.2) is 24.3 Å². The lowest BCUT2D eigenvalue weighted by molar-refractivity contribution is -0.139. The van der Waals surface area contributed by atoms with Crippen molar-refractivity contribution in [3.63, 3.8) is 0 Å². The predicted octanol–water partition coefficient (Wildman–Crippen LogP) is 1.67. The number of nitrogens with one attached hydrogen (secondary N) is 1. The van der Waals surface area contributed by atoms with Gasteiger partial charge in [0.15, 0.2) is 0 Å². The molecule has 0 spiro atoms. The Labute approximate surface area is 124 Å². The first kappa shape index (κ1) is 17.0. The van der Waals surface area contributed by atoms with Gasteiger partial charge in [-0.2, -0.15) is 0 Å². The van der Waals surface area contributed by atoms with Crippen molar-refractivity contribution in [1.29, 1.82) is 0 Å². The Bertz CT molecular complexity index is 491. The quantitative estimate of drug-likeness (QED) is 0.766. The second kappa shape index (κ2) is 7.08. The molecular formula is C15H22N2O4. The summed E-state index contributed by atoms with van der Waals surface area (Å²) in [5.41, 5.74) is 6.60. The van der Waals surface area contributed by atoms with Gasteiger partial charge in [0.05, 0.1) is 0 Å². The van der Waals surface area contributed by atoms with E-state index < -0.39 is 23.7 Å². The molecular weight excluding hydrogens is 272 g/mol. The summed E-state index contributed by atoms with van der Waals surface area (Å²) in [7, 11) is 0. The number of alkyl carbamates (subject to hydrolysis) is 1. The molecule has 1 atom stereocenters. The highest BCUT2D eigenvalue weighted by atomic mass is 16.6. The minimum Gasteiger partial charge on any atom is -0.480 e. The number of ether oxygens (including phenoxy) is 1. The third-order valence-electron chi connectivity index (χ3n) is 2.69. The van der Waals surface area contributed by atoms with Crippen molar-refractivity contribution in [3.8, 4) is 0 Å². The first-order valence-electron chi connectivity index (χ1n) is 6.71. The van der Waals surface area contributed by atoms with E-state index in [9.17, 15) is 14.7 Å². The maximum absolute atomic E-state index is 11.7. The van der Waals surface area contributed by atoms with Crippen LogP contribution in [-0.4, -0.2) is 28.8 Å². The Hall–Kier alpha value is -2.08. The van der Waals surface area contributed by atoms with Crippen molar-refractivity contribution in [1.82, 2.24) is 5.32 Å². The molecule has 0 unspecified atom stereocenters. The van der Waals surface area contributed by atoms with Gasteiger partial charge in [-0.15, -0.1) is 0 Å². The molecule has 1 aromatic rings. The van der Waals surface area contributed by atoms with Gasteiger partial charge in [0.1, 0.15) is 11.6 Å². The molecule has 6 heteroatoms. The lowest BCUT2D eigenvalue weighted by Gasteiger charge is -2.22. The molecule has 116 valence electrons. The third-order valence-corrected chi connectivity index (χ3v) is 2.69. The van der Waals surface area contributed by atoms with Crippen molar-refractivity contribution < 1.29 is 19.4 Å². The largest absolute Gasteiger partial charge is 0.480 e. The number of aliphatic carboxylic acids is 1. The van der Waals surface area contributed by atoms with E-state index in [1.54, 1.807) is 32.9 Å². The van der Waals surface area contributed by atoms with Crippen molar-refractivity contribution in [3.05, 3.63) is 35.4 Å². The van der Waals surface area contributed by atoms with E-state index in [4.69, 9.17) is 10.5 Å². The number of carboxylic acids is 1. The summed E-state index contributed by atoms with van der Waals surface area (Å²) < 4.78 is 5.06. The number of carbonyl (C=O) groups is 2. The number of hydrogen-bond donors (Lipinski definition) is 3. The molecule has 0 saturated carbocycles. The number of amides is 1. The molecule has 1 rings (SSSR count). The molecule has 0 heterocycles. The van der Waals surface area contributed by atoms with Crippen LogP contribution in [0.3, 0.4) is 0 Å². The Kier molecular flexibility index (Phi) is 5.72. The van der Waals surface area contributed by atoms with E-state index >= 15 is 0 Å². The second-order valence-corrected chi connectivity index (χ2v) is 5.76. The summed E-state index contributed by atoms with van der Waals surface area (Å²) in [6, 6.07) is 6.23. The van der Waals surface area contributed by atoms with E-state index in [-0.39, 0.29) is 6.42 Å². The molecule has 0 aliphatic heterocycles. The minimum absolute atomic E-state index is 0.180. The van der Waals surface area contributed by atoms with Crippen molar-refractivity contribution in [2.75, 3.05) is 0 Å². The fourth-order valence-electron chi connectivity index (χ4n) is 1.70. The van der Waals surface area contributed by atoms with Crippen LogP contribution in [0.1, 0.15) is 31.9 Å². The lowest BCUT2D eigenvalue weighted by atomic mass is 10.0. The fraction of sp³-hybridized carbons (Fsp3) is 0.467. The Balaban J connectivity index is 2.69. The van der Waals surface area contributed by atoms with E-state index in [0.29, 0.717) is 6.54 Å². The molecule has 6 nitrogen and oxygen atoms in total. The second-order valence-electron chi connectivity index (χ2n) is 5.76. The number of nitrogens with two attached hydrogens (primary N) is 1. The molecule has 21 heavy (non-hydrogen) atoms. The number of benzene rings is 1. The minimum atomic E-state index is -1.11. The predicted molar refractivity (Wildman–Crippen MR) is 78.8 cm³/mol. The first-order chi connectivity index (χ1) is 9.71. The maximum Gasteiger partial charge on any atom is 0.408 e. The summed E-state index contributed by atoms with van der Waals surface area (Å²) in [6.07, 6.45) is -0.562. The highest BCUT2D eigenvalue weighted by Crippen LogP contribution is 2.09. The lowest BCUT2D eigenvalue weighted by Crippen LogP contribution is -2.44. The highest BCUT2D eigenvalue weighted by molar-refractivity contribution is 5.80. The van der Waals surface area contributed by atoms with Crippen LogP contribution < -0.4 is 11.1 Å². The Morgan fingerprint density at radius 3 is 2.19 bits per heavy atom. The third kappa shape index (κ3) is 6.27. The Morgan fingerprint density at radius 2 is 1.76 bits per heavy atom. The zero-order chi connectivity index (χ0) is 16.0. The zero-order valence-corrected chi connectivity index (χ0v) is 12.6. The van der Waals surface area contributed by atoms with Crippen molar-refractivity contribution in [2.24, 2.45) is 5.73 Å². The molecule has 1 amide bonds. The van der Waals surface area contributed by atoms with E-state index in [2.05, 4.69) is 5.32 Å². The normalized spacial score (nSPS) is 12.6. The molecule has 0 aliphatic rings. The van der Waals surface area contributed by atoms with Gasteiger partial charge in [0, 0.05) is 13.0 Å². The smallest absolute Gasteiger partial charge is 0.408 e. The SMILES string of the molecule is CC(C)(C)OC(=O)N[C@@H](Cc1ccc(CN)cc1)C(=O)O. The summed E-state index contributed by atoms with van der Waals surface area (Å²) >= 11 is 0. The average molecular weight is 294 g/mol. The van der Waals surface area contributed by atoms with Gasteiger partial charge in [0.25, 0.3) is 0 Å². The molecule has 0 bridgehead atoms. The van der Waals surface area contributed by atoms with Crippen LogP contribution >= 0.6 is 0 Å². The van der Waals surface area contributed by atoms with Gasteiger partial charge in [-0.25, -0.2) is 9.59 Å². The monoisotopic (exact) mass is 294 g/mol. The van der Waals surface area contributed by atoms with Crippen LogP contribution in [0.2, 0.25) is 0 Å². The maximum atomic E-state index is 11.7. The van der Waals surface area contributed by atoms with Gasteiger partial charge in [-0.1, -0.05) is 24.3 Å². The molecule has 0 saturated heterocycles. The molecule has 0 radical (unpaired) electrons. The Morgan fingerprint density at radius 1 is 1.24 bits per heavy atom. The van der Waals surface area contributed by atoms with Crippen LogP contribution in [0.4, 0.5) is 4.79 Å². The number of carbonyl (C=O) groups excluding carboxylic acids is 1. The van der Waals surface area contributed by atoms with Gasteiger partial charge in [-0.05, 0) is 31.9 Å². The molecule has 4 N–H and O–H groups in total. The fourth-order valence-corrected chi connectivity index (χ4v) is 1.70. The average Bonchev–Trinajstić information content (AvgIpc) is 2.36. The topological polar surface area (TPSA) is 102 Å². The van der Waals surface area contributed by atoms with E-state index in [1.807, 2.05) is 12.1 Å². The van der Waals surface area contributed by atoms with E-state index in [1.165, 1.54) is 0 Å². The summed E-state index contributed by atoms with van der Waals surface area (Å²) in [4.78, 5) is 22.9. The van der Waals surface area contributed by atoms with Crippen LogP contribution in [0, 0.1) is 0 Å². The van der Waals surface area contributed by atoms with Gasteiger partial charge < -0.3 is 20.9 Å². The molecule has 0 aliphatic carbocycles. The van der Waals surface area contributed by atoms with E-state index in [0.717, 1.165) is 11.1 Å². The number of carboxylic acid groups (broad SMARTS) is 1. The number of rotatable bonds is 5. The van der Waals surface area contributed by atoms with Gasteiger partial charge in [0.2, 0.25) is 0 Å². The standard InChI is InChI=1S/C15H22N2O4/c1-15(2,3)21-14(20)17-12(13(18)19)8-10-4-6-11(9-16)7-5-10/h4-7,12H,8-9,16H2,1-3H3,(H,17,20)(H,18,19)/t12-/m0/s1. The van der Waals surface area contributed by atoms with Crippen LogP contribution in [0.5, 0.6) is 0 Å². The summed E-state index contributed by atoms with van der Waals surface area (Å²) in [5, 5.41) is 11.6. The summed E-state index contributed by atoms with van der Waals surface area (Å²) in [5.74, 6) is -1.11. The molecule has 0 aromatic heterocycles. The van der Waals surface area contributed by atoms with Crippen molar-refractivity contribution >= 4 is 12.1 Å². The van der Waals surface area contributed by atoms with Gasteiger partial charge in [-0.3, -0.25) is 0 Å².